The van der Waals surface area contributed by atoms with E-state index in [9.17, 15) is 8.42 Å². The molecule has 1 saturated heterocycles. The van der Waals surface area contributed by atoms with Crippen molar-refractivity contribution in [3.63, 3.8) is 0 Å². The van der Waals surface area contributed by atoms with Crippen LogP contribution in [-0.2, 0) is 16.3 Å². The molecule has 0 spiro atoms. The van der Waals surface area contributed by atoms with Crippen molar-refractivity contribution in [3.8, 4) is 0 Å². The van der Waals surface area contributed by atoms with E-state index in [1.54, 1.807) is 11.3 Å². The largest absolute Gasteiger partial charge is 0.324 e. The Balaban J connectivity index is 1.68. The molecule has 2 atom stereocenters. The minimum absolute atomic E-state index is 0.0710. The Morgan fingerprint density at radius 1 is 1.33 bits per heavy atom. The van der Waals surface area contributed by atoms with Gasteiger partial charge in [0.2, 0.25) is 0 Å². The van der Waals surface area contributed by atoms with Crippen LogP contribution in [0.15, 0.2) is 35.7 Å². The van der Waals surface area contributed by atoms with E-state index in [0.717, 1.165) is 16.3 Å². The molecule has 1 fully saturated rings. The second-order valence-corrected chi connectivity index (χ2v) is 8.62. The predicted octanol–water partition coefficient (Wildman–Crippen LogP) is 2.29. The summed E-state index contributed by atoms with van der Waals surface area (Å²) in [5, 5.41) is 2.94. The summed E-state index contributed by atoms with van der Waals surface area (Å²) in [5.74, 6) is 0.600. The molecule has 0 amide bonds. The van der Waals surface area contributed by atoms with E-state index >= 15 is 0 Å². The summed E-state index contributed by atoms with van der Waals surface area (Å²) in [6.45, 7) is 0. The van der Waals surface area contributed by atoms with E-state index in [2.05, 4.69) is 4.98 Å². The fourth-order valence-corrected chi connectivity index (χ4v) is 5.46. The molecule has 6 heteroatoms. The summed E-state index contributed by atoms with van der Waals surface area (Å²) < 4.78 is 23.1. The second kappa shape index (κ2) is 5.87. The van der Waals surface area contributed by atoms with Gasteiger partial charge in [-0.3, -0.25) is 0 Å². The molecule has 21 heavy (non-hydrogen) atoms. The highest BCUT2D eigenvalue weighted by atomic mass is 32.2. The summed E-state index contributed by atoms with van der Waals surface area (Å²) in [5.41, 5.74) is 8.25. The molecule has 0 saturated carbocycles. The van der Waals surface area contributed by atoms with Gasteiger partial charge in [-0.05, 0) is 12.0 Å². The standard InChI is InChI=1S/C15H18N2O2S2/c16-14(11-4-2-1-3-5-11)8-13-9-20-15(17-13)12-6-7-21(18,19)10-12/h1-5,9,12,14H,6-8,10,16H2. The zero-order valence-corrected chi connectivity index (χ0v) is 13.2. The third kappa shape index (κ3) is 3.51. The summed E-state index contributed by atoms with van der Waals surface area (Å²) in [4.78, 5) is 4.60. The van der Waals surface area contributed by atoms with Crippen LogP contribution >= 0.6 is 11.3 Å². The van der Waals surface area contributed by atoms with Crippen molar-refractivity contribution in [2.75, 3.05) is 11.5 Å². The second-order valence-electron chi connectivity index (χ2n) is 5.50. The first kappa shape index (κ1) is 14.7. The van der Waals surface area contributed by atoms with Crippen LogP contribution in [0.4, 0.5) is 0 Å². The van der Waals surface area contributed by atoms with Gasteiger partial charge in [-0.15, -0.1) is 11.3 Å². The van der Waals surface area contributed by atoms with Crippen LogP contribution in [0.1, 0.15) is 34.6 Å². The molecule has 2 unspecified atom stereocenters. The van der Waals surface area contributed by atoms with Gasteiger partial charge in [-0.2, -0.15) is 0 Å². The predicted molar refractivity (Wildman–Crippen MR) is 85.2 cm³/mol. The van der Waals surface area contributed by atoms with Crippen LogP contribution < -0.4 is 5.73 Å². The lowest BCUT2D eigenvalue weighted by Gasteiger charge is -2.10. The molecular weight excluding hydrogens is 304 g/mol. The normalized spacial score (nSPS) is 22.2. The minimum atomic E-state index is -2.86. The molecular formula is C15H18N2O2S2. The number of sulfone groups is 1. The van der Waals surface area contributed by atoms with Gasteiger partial charge in [-0.1, -0.05) is 30.3 Å². The molecule has 1 aliphatic heterocycles. The molecule has 1 aromatic heterocycles. The van der Waals surface area contributed by atoms with E-state index in [1.807, 2.05) is 35.7 Å². The fourth-order valence-electron chi connectivity index (χ4n) is 2.64. The molecule has 112 valence electrons. The molecule has 0 bridgehead atoms. The summed E-state index contributed by atoms with van der Waals surface area (Å²) >= 11 is 1.55. The van der Waals surface area contributed by atoms with Gasteiger partial charge in [0.15, 0.2) is 9.84 Å². The number of rotatable bonds is 4. The lowest BCUT2D eigenvalue weighted by molar-refractivity contribution is 0.601. The first-order valence-electron chi connectivity index (χ1n) is 6.99. The van der Waals surface area contributed by atoms with E-state index < -0.39 is 9.84 Å². The Bertz CT molecular complexity index is 710. The van der Waals surface area contributed by atoms with Crippen molar-refractivity contribution in [2.45, 2.75) is 24.8 Å². The number of nitrogens with zero attached hydrogens (tertiary/aromatic N) is 1. The van der Waals surface area contributed by atoms with Crippen molar-refractivity contribution in [2.24, 2.45) is 5.73 Å². The van der Waals surface area contributed by atoms with E-state index in [4.69, 9.17) is 5.73 Å². The number of hydrogen-bond acceptors (Lipinski definition) is 5. The molecule has 1 aromatic carbocycles. The average Bonchev–Trinajstić information content (AvgIpc) is 3.06. The number of hydrogen-bond donors (Lipinski definition) is 1. The number of thiazole rings is 1. The lowest BCUT2D eigenvalue weighted by Crippen LogP contribution is -2.13. The van der Waals surface area contributed by atoms with Crippen molar-refractivity contribution < 1.29 is 8.42 Å². The van der Waals surface area contributed by atoms with Crippen molar-refractivity contribution >= 4 is 21.2 Å². The Kier molecular flexibility index (Phi) is 4.10. The van der Waals surface area contributed by atoms with E-state index in [-0.39, 0.29) is 23.5 Å². The van der Waals surface area contributed by atoms with Gasteiger partial charge in [0, 0.05) is 23.8 Å². The number of benzene rings is 1. The van der Waals surface area contributed by atoms with Crippen LogP contribution in [0.2, 0.25) is 0 Å². The highest BCUT2D eigenvalue weighted by molar-refractivity contribution is 7.91. The summed E-state index contributed by atoms with van der Waals surface area (Å²) in [7, 11) is -2.86. The van der Waals surface area contributed by atoms with Gasteiger partial charge in [0.05, 0.1) is 22.2 Å². The Morgan fingerprint density at radius 2 is 2.10 bits per heavy atom. The van der Waals surface area contributed by atoms with Crippen LogP contribution in [0.25, 0.3) is 0 Å². The maximum absolute atomic E-state index is 11.5. The van der Waals surface area contributed by atoms with Gasteiger partial charge in [-0.25, -0.2) is 13.4 Å². The molecule has 2 N–H and O–H groups in total. The first-order chi connectivity index (χ1) is 10.0. The molecule has 0 radical (unpaired) electrons. The molecule has 3 rings (SSSR count). The first-order valence-corrected chi connectivity index (χ1v) is 9.69. The Labute approximate surface area is 128 Å². The monoisotopic (exact) mass is 322 g/mol. The van der Waals surface area contributed by atoms with Crippen LogP contribution in [0.3, 0.4) is 0 Å². The molecule has 2 heterocycles. The Morgan fingerprint density at radius 3 is 2.76 bits per heavy atom. The van der Waals surface area contributed by atoms with Gasteiger partial charge < -0.3 is 5.73 Å². The average molecular weight is 322 g/mol. The Hall–Kier alpha value is -1.24. The smallest absolute Gasteiger partial charge is 0.151 e. The van der Waals surface area contributed by atoms with Crippen molar-refractivity contribution in [1.82, 2.24) is 4.98 Å². The third-order valence-corrected chi connectivity index (χ3v) is 6.63. The SMILES string of the molecule is NC(Cc1csc(C2CCS(=O)(=O)C2)n1)c1ccccc1. The molecule has 0 aliphatic carbocycles. The topological polar surface area (TPSA) is 73.1 Å². The zero-order chi connectivity index (χ0) is 14.9. The summed E-state index contributed by atoms with van der Waals surface area (Å²) in [6.07, 6.45) is 1.38. The zero-order valence-electron chi connectivity index (χ0n) is 11.6. The van der Waals surface area contributed by atoms with E-state index in [0.29, 0.717) is 12.8 Å². The number of nitrogens with two attached hydrogens (primary N) is 1. The maximum atomic E-state index is 11.5. The van der Waals surface area contributed by atoms with Crippen LogP contribution in [-0.4, -0.2) is 24.9 Å². The molecule has 1 aliphatic rings. The maximum Gasteiger partial charge on any atom is 0.151 e. The van der Waals surface area contributed by atoms with Crippen molar-refractivity contribution in [3.05, 3.63) is 52.0 Å². The highest BCUT2D eigenvalue weighted by Crippen LogP contribution is 2.31. The minimum Gasteiger partial charge on any atom is -0.324 e. The molecule has 4 nitrogen and oxygen atoms in total. The van der Waals surface area contributed by atoms with Gasteiger partial charge in [0.1, 0.15) is 0 Å². The number of aromatic nitrogens is 1. The highest BCUT2D eigenvalue weighted by Gasteiger charge is 2.31. The summed E-state index contributed by atoms with van der Waals surface area (Å²) in [6, 6.07) is 9.88. The van der Waals surface area contributed by atoms with Gasteiger partial charge >= 0.3 is 0 Å². The molecule has 2 aromatic rings. The van der Waals surface area contributed by atoms with Crippen LogP contribution in [0, 0.1) is 0 Å². The van der Waals surface area contributed by atoms with E-state index in [1.165, 1.54) is 0 Å². The van der Waals surface area contributed by atoms with Gasteiger partial charge in [0.25, 0.3) is 0 Å². The quantitative estimate of drug-likeness (QED) is 0.937. The van der Waals surface area contributed by atoms with Crippen molar-refractivity contribution in [1.29, 1.82) is 0 Å². The lowest BCUT2D eigenvalue weighted by atomic mass is 10.0. The third-order valence-electron chi connectivity index (χ3n) is 3.81. The fraction of sp³-hybridized carbons (Fsp3) is 0.400. The van der Waals surface area contributed by atoms with Crippen LogP contribution in [0.5, 0.6) is 0 Å².